The summed E-state index contributed by atoms with van der Waals surface area (Å²) in [5, 5.41) is 5.07. The van der Waals surface area contributed by atoms with Crippen LogP contribution in [-0.2, 0) is 6.42 Å². The quantitative estimate of drug-likeness (QED) is 0.557. The van der Waals surface area contributed by atoms with E-state index in [9.17, 15) is 0 Å². The summed E-state index contributed by atoms with van der Waals surface area (Å²) < 4.78 is 0. The number of fused-ring (bicyclic) bond motifs is 1. The summed E-state index contributed by atoms with van der Waals surface area (Å²) in [5.41, 5.74) is 7.08. The Morgan fingerprint density at radius 3 is 2.77 bits per heavy atom. The van der Waals surface area contributed by atoms with Crippen molar-refractivity contribution in [1.82, 2.24) is 10.3 Å². The summed E-state index contributed by atoms with van der Waals surface area (Å²) in [6, 6.07) is 18.1. The number of aryl methyl sites for hydroxylation is 2. The Morgan fingerprint density at radius 2 is 1.88 bits per heavy atom. The number of aromatic amines is 1. The highest BCUT2D eigenvalue weighted by Crippen LogP contribution is 2.26. The van der Waals surface area contributed by atoms with Gasteiger partial charge in [-0.25, -0.2) is 0 Å². The lowest BCUT2D eigenvalue weighted by Gasteiger charge is -2.24. The molecule has 4 rings (SSSR count). The van der Waals surface area contributed by atoms with Gasteiger partial charge in [0.2, 0.25) is 0 Å². The van der Waals surface area contributed by atoms with Crippen LogP contribution in [0.2, 0.25) is 0 Å². The van der Waals surface area contributed by atoms with Gasteiger partial charge in [0.15, 0.2) is 0 Å². The monoisotopic (exact) mass is 344 g/mol. The summed E-state index contributed by atoms with van der Waals surface area (Å²) in [5.74, 6) is 0. The number of aromatic nitrogens is 1. The maximum Gasteiger partial charge on any atom is 0.0456 e. The average Bonchev–Trinajstić information content (AvgIpc) is 3.16. The third kappa shape index (κ3) is 3.76. The van der Waals surface area contributed by atoms with Crippen LogP contribution in [0.1, 0.15) is 42.4 Å². The molecule has 1 unspecified atom stereocenters. The van der Waals surface area contributed by atoms with E-state index < -0.39 is 0 Å². The molecule has 134 valence electrons. The topological polar surface area (TPSA) is 27.8 Å². The van der Waals surface area contributed by atoms with Gasteiger partial charge in [-0.2, -0.15) is 0 Å². The van der Waals surface area contributed by atoms with Gasteiger partial charge in [0.1, 0.15) is 0 Å². The molecule has 0 amide bonds. The predicted molar refractivity (Wildman–Crippen MR) is 111 cm³/mol. The van der Waals surface area contributed by atoms with Crippen molar-refractivity contribution in [3.8, 4) is 0 Å². The lowest BCUT2D eigenvalue weighted by Crippen LogP contribution is -2.32. The number of benzene rings is 2. The van der Waals surface area contributed by atoms with Crippen LogP contribution in [0.15, 0.2) is 60.8 Å². The fourth-order valence-corrected chi connectivity index (χ4v) is 4.19. The summed E-state index contributed by atoms with van der Waals surface area (Å²) in [6.07, 6.45) is 10.5. The molecule has 0 saturated heterocycles. The molecule has 0 spiro atoms. The largest absolute Gasteiger partial charge is 0.361 e. The summed E-state index contributed by atoms with van der Waals surface area (Å²) in [6.45, 7) is 3.23. The summed E-state index contributed by atoms with van der Waals surface area (Å²) in [4.78, 5) is 3.33. The Labute approximate surface area is 156 Å². The molecule has 2 heteroatoms. The minimum atomic E-state index is 0.611. The molecule has 0 saturated carbocycles. The van der Waals surface area contributed by atoms with E-state index in [1.54, 1.807) is 0 Å². The second-order valence-corrected chi connectivity index (χ2v) is 7.45. The van der Waals surface area contributed by atoms with Crippen molar-refractivity contribution >= 4 is 16.5 Å². The van der Waals surface area contributed by atoms with Gasteiger partial charge in [-0.1, -0.05) is 48.9 Å². The van der Waals surface area contributed by atoms with Crippen molar-refractivity contribution in [2.45, 2.75) is 45.1 Å². The first-order valence-electron chi connectivity index (χ1n) is 9.84. The smallest absolute Gasteiger partial charge is 0.0456 e. The molecule has 26 heavy (non-hydrogen) atoms. The highest BCUT2D eigenvalue weighted by atomic mass is 14.9. The van der Waals surface area contributed by atoms with Crippen LogP contribution in [0.5, 0.6) is 0 Å². The predicted octanol–water partition coefficient (Wildman–Crippen LogP) is 5.63. The van der Waals surface area contributed by atoms with Crippen LogP contribution in [0.25, 0.3) is 16.5 Å². The van der Waals surface area contributed by atoms with Crippen LogP contribution in [0, 0.1) is 6.92 Å². The van der Waals surface area contributed by atoms with Gasteiger partial charge >= 0.3 is 0 Å². The molecule has 0 aliphatic carbocycles. The Morgan fingerprint density at radius 1 is 1.00 bits per heavy atom. The van der Waals surface area contributed by atoms with Crippen LogP contribution < -0.4 is 5.32 Å². The van der Waals surface area contributed by atoms with Crippen LogP contribution in [0.4, 0.5) is 0 Å². The highest BCUT2D eigenvalue weighted by molar-refractivity contribution is 5.84. The van der Waals surface area contributed by atoms with Crippen molar-refractivity contribution in [2.24, 2.45) is 0 Å². The minimum absolute atomic E-state index is 0.611. The molecule has 2 N–H and O–H groups in total. The number of hydrogen-bond donors (Lipinski definition) is 2. The van der Waals surface area contributed by atoms with E-state index in [2.05, 4.69) is 78.0 Å². The summed E-state index contributed by atoms with van der Waals surface area (Å²) >= 11 is 0. The third-order valence-electron chi connectivity index (χ3n) is 5.68. The lowest BCUT2D eigenvalue weighted by molar-refractivity contribution is 0.477. The van der Waals surface area contributed by atoms with Crippen molar-refractivity contribution in [2.75, 3.05) is 6.54 Å². The van der Waals surface area contributed by atoms with E-state index >= 15 is 0 Å². The average molecular weight is 345 g/mol. The molecule has 0 bridgehead atoms. The Hall–Kier alpha value is -2.32. The summed E-state index contributed by atoms with van der Waals surface area (Å²) in [7, 11) is 0. The first-order valence-corrected chi connectivity index (χ1v) is 9.84. The maximum absolute atomic E-state index is 3.67. The zero-order valence-electron chi connectivity index (χ0n) is 15.6. The van der Waals surface area contributed by atoms with Crippen molar-refractivity contribution in [1.29, 1.82) is 0 Å². The molecule has 2 heterocycles. The van der Waals surface area contributed by atoms with Crippen molar-refractivity contribution < 1.29 is 0 Å². The van der Waals surface area contributed by atoms with E-state index in [0.29, 0.717) is 6.04 Å². The number of H-pyrrole nitrogens is 1. The van der Waals surface area contributed by atoms with E-state index in [1.165, 1.54) is 58.8 Å². The van der Waals surface area contributed by atoms with Crippen LogP contribution in [0.3, 0.4) is 0 Å². The molecule has 2 nitrogen and oxygen atoms in total. The molecule has 0 radical (unpaired) electrons. The number of nitrogens with one attached hydrogen (secondary N) is 2. The fraction of sp³-hybridized carbons (Fsp3) is 0.333. The Bertz CT molecular complexity index is 889. The first kappa shape index (κ1) is 17.1. The molecule has 1 aliphatic rings. The lowest BCUT2D eigenvalue weighted by atomic mass is 9.92. The third-order valence-corrected chi connectivity index (χ3v) is 5.68. The molecule has 2 aromatic carbocycles. The van der Waals surface area contributed by atoms with Gasteiger partial charge in [0.25, 0.3) is 0 Å². The van der Waals surface area contributed by atoms with Gasteiger partial charge in [-0.3, -0.25) is 0 Å². The van der Waals surface area contributed by atoms with E-state index in [-0.39, 0.29) is 0 Å². The molecule has 1 aromatic heterocycles. The molecular weight excluding hydrogens is 316 g/mol. The zero-order valence-corrected chi connectivity index (χ0v) is 15.6. The molecule has 0 fully saturated rings. The van der Waals surface area contributed by atoms with E-state index in [1.807, 2.05) is 0 Å². The van der Waals surface area contributed by atoms with Gasteiger partial charge < -0.3 is 10.3 Å². The SMILES string of the molecule is Cc1ccc2[nH]ccc2c1CCCCC1CC(c2ccccc2)=CCN1. The Balaban J connectivity index is 1.31. The number of unbranched alkanes of at least 4 members (excludes halogenated alkanes) is 1. The van der Waals surface area contributed by atoms with Crippen LogP contribution in [-0.4, -0.2) is 17.6 Å². The Kier molecular flexibility index (Phi) is 5.21. The maximum atomic E-state index is 3.67. The van der Waals surface area contributed by atoms with E-state index in [4.69, 9.17) is 0 Å². The van der Waals surface area contributed by atoms with Crippen LogP contribution >= 0.6 is 0 Å². The highest BCUT2D eigenvalue weighted by Gasteiger charge is 2.15. The van der Waals surface area contributed by atoms with Crippen molar-refractivity contribution in [3.05, 3.63) is 77.5 Å². The van der Waals surface area contributed by atoms with Gasteiger partial charge in [-0.05, 0) is 67.0 Å². The van der Waals surface area contributed by atoms with E-state index in [0.717, 1.165) is 13.0 Å². The standard InChI is InChI=1S/C24H28N2/c1-18-11-12-24-23(14-16-26-24)22(18)10-6-5-9-21-17-20(13-15-25-21)19-7-3-2-4-8-19/h2-4,7-8,11-14,16,21,25-26H,5-6,9-10,15,17H2,1H3. The number of hydrogen-bond acceptors (Lipinski definition) is 1. The van der Waals surface area contributed by atoms with Gasteiger partial charge in [0, 0.05) is 29.7 Å². The first-order chi connectivity index (χ1) is 12.8. The molecule has 1 atom stereocenters. The molecule has 3 aromatic rings. The van der Waals surface area contributed by atoms with Gasteiger partial charge in [-0.15, -0.1) is 0 Å². The van der Waals surface area contributed by atoms with Crippen molar-refractivity contribution in [3.63, 3.8) is 0 Å². The second kappa shape index (κ2) is 7.92. The fourth-order valence-electron chi connectivity index (χ4n) is 4.19. The number of rotatable bonds is 6. The normalized spacial score (nSPS) is 17.4. The van der Waals surface area contributed by atoms with Gasteiger partial charge in [0.05, 0.1) is 0 Å². The molecule has 1 aliphatic heterocycles. The molecular formula is C24H28N2. The second-order valence-electron chi connectivity index (χ2n) is 7.45. The zero-order chi connectivity index (χ0) is 17.8. The minimum Gasteiger partial charge on any atom is -0.361 e.